The van der Waals surface area contributed by atoms with Gasteiger partial charge in [-0.3, -0.25) is 13.7 Å². The van der Waals surface area contributed by atoms with E-state index in [0.717, 1.165) is 6.42 Å². The quantitative estimate of drug-likeness (QED) is 0.0794. The number of hydrogen-bond donors (Lipinski definition) is 1. The van der Waals surface area contributed by atoms with E-state index in [2.05, 4.69) is 4.98 Å². The van der Waals surface area contributed by atoms with Crippen LogP contribution >= 0.6 is 11.6 Å². The highest BCUT2D eigenvalue weighted by Gasteiger charge is 2.29. The fourth-order valence-corrected chi connectivity index (χ4v) is 6.70. The van der Waals surface area contributed by atoms with Crippen LogP contribution < -0.4 is 4.31 Å². The van der Waals surface area contributed by atoms with Gasteiger partial charge < -0.3 is 9.30 Å². The minimum absolute atomic E-state index is 0.0630. The van der Waals surface area contributed by atoms with E-state index in [1.165, 1.54) is 16.4 Å². The Morgan fingerprint density at radius 2 is 1.61 bits per heavy atom. The van der Waals surface area contributed by atoms with Crippen LogP contribution in [-0.4, -0.2) is 35.6 Å². The maximum atomic E-state index is 15.9. The first-order valence-corrected chi connectivity index (χ1v) is 17.2. The number of imidazole rings is 1. The summed E-state index contributed by atoms with van der Waals surface area (Å²) < 4.78 is 47.2. The summed E-state index contributed by atoms with van der Waals surface area (Å²) in [5.41, 5.74) is 2.44. The van der Waals surface area contributed by atoms with Gasteiger partial charge in [0.05, 0.1) is 23.5 Å². The summed E-state index contributed by atoms with van der Waals surface area (Å²) in [7, 11) is 0. The largest absolute Gasteiger partial charge is 0.456 e. The summed E-state index contributed by atoms with van der Waals surface area (Å²) in [5.74, 6) is -0.900. The third kappa shape index (κ3) is 7.99. The van der Waals surface area contributed by atoms with Gasteiger partial charge in [0.25, 0.3) is 11.3 Å². The number of hydrogen-bond acceptors (Lipinski definition) is 5. The number of nitrogens with zero attached hydrogens (tertiary/aromatic N) is 3. The lowest BCUT2D eigenvalue weighted by Gasteiger charge is -2.35. The molecule has 0 bridgehead atoms. The molecule has 0 fully saturated rings. The maximum Gasteiger partial charge on any atom is 0.339 e. The van der Waals surface area contributed by atoms with E-state index >= 15 is 4.39 Å². The summed E-state index contributed by atoms with van der Waals surface area (Å²) >= 11 is 4.26. The van der Waals surface area contributed by atoms with Gasteiger partial charge in [-0.25, -0.2) is 18.4 Å². The molecule has 5 aromatic rings. The predicted octanol–water partition coefficient (Wildman–Crippen LogP) is 8.67. The standard InChI is InChI=1S/C38H37ClFN3O5S/c1-5-13-34-41-36(39)33(24-48-37(45)30-18-10-9-17-29(30)35(44)25-14-7-6-8-15-25)42(34)23-27-21-20-26(22-31(27)40)28-16-11-12-19-32(28)43(49(46)47)38(2,3)4/h6-12,14-22H,5,13,23-24H2,1-4H3,(H,46,47). The number of esters is 1. The third-order valence-electron chi connectivity index (χ3n) is 7.92. The molecule has 0 amide bonds. The average molecular weight is 702 g/mol. The van der Waals surface area contributed by atoms with Crippen LogP contribution in [-0.2, 0) is 35.6 Å². The van der Waals surface area contributed by atoms with Gasteiger partial charge in [-0.2, -0.15) is 0 Å². The van der Waals surface area contributed by atoms with Crippen LogP contribution in [0, 0.1) is 5.82 Å². The first-order chi connectivity index (χ1) is 23.4. The zero-order chi connectivity index (χ0) is 35.3. The molecule has 1 heterocycles. The van der Waals surface area contributed by atoms with Crippen LogP contribution in [0.5, 0.6) is 0 Å². The van der Waals surface area contributed by atoms with E-state index in [-0.39, 0.29) is 35.2 Å². The van der Waals surface area contributed by atoms with E-state index in [1.807, 2.05) is 27.7 Å². The van der Waals surface area contributed by atoms with Crippen molar-refractivity contribution in [3.8, 4) is 11.1 Å². The number of carbonyl (C=O) groups is 2. The van der Waals surface area contributed by atoms with Crippen molar-refractivity contribution in [1.82, 2.24) is 9.55 Å². The molecule has 11 heteroatoms. The van der Waals surface area contributed by atoms with Crippen LogP contribution in [0.1, 0.15) is 77.5 Å². The number of ketones is 1. The van der Waals surface area contributed by atoms with Gasteiger partial charge >= 0.3 is 5.97 Å². The van der Waals surface area contributed by atoms with Gasteiger partial charge in [0.15, 0.2) is 10.9 Å². The van der Waals surface area contributed by atoms with Crippen molar-refractivity contribution in [3.63, 3.8) is 0 Å². The lowest BCUT2D eigenvalue weighted by atomic mass is 9.98. The predicted molar refractivity (Wildman–Crippen MR) is 191 cm³/mol. The maximum absolute atomic E-state index is 15.9. The van der Waals surface area contributed by atoms with E-state index in [1.54, 1.807) is 89.5 Å². The fraction of sp³-hybridized carbons (Fsp3) is 0.237. The molecule has 0 aliphatic heterocycles. The van der Waals surface area contributed by atoms with Crippen LogP contribution in [0.3, 0.4) is 0 Å². The minimum Gasteiger partial charge on any atom is -0.456 e. The smallest absolute Gasteiger partial charge is 0.339 e. The van der Waals surface area contributed by atoms with Crippen molar-refractivity contribution in [2.45, 2.75) is 59.2 Å². The Balaban J connectivity index is 1.42. The van der Waals surface area contributed by atoms with E-state index in [0.29, 0.717) is 45.9 Å². The zero-order valence-electron chi connectivity index (χ0n) is 27.7. The highest BCUT2D eigenvalue weighted by Crippen LogP contribution is 2.36. The Bertz CT molecular complexity index is 2010. The van der Waals surface area contributed by atoms with Gasteiger partial charge in [-0.15, -0.1) is 0 Å². The van der Waals surface area contributed by atoms with Crippen LogP contribution in [0.25, 0.3) is 11.1 Å². The molecule has 0 saturated heterocycles. The molecule has 0 spiro atoms. The molecule has 1 unspecified atom stereocenters. The molecule has 49 heavy (non-hydrogen) atoms. The second kappa shape index (κ2) is 15.3. The van der Waals surface area contributed by atoms with E-state index < -0.39 is 28.6 Å². The number of halogens is 2. The van der Waals surface area contributed by atoms with Crippen molar-refractivity contribution in [1.29, 1.82) is 0 Å². The van der Waals surface area contributed by atoms with Gasteiger partial charge in [-0.1, -0.05) is 97.4 Å². The Hall–Kier alpha value is -4.64. The van der Waals surface area contributed by atoms with Gasteiger partial charge in [0.1, 0.15) is 18.2 Å². The summed E-state index contributed by atoms with van der Waals surface area (Å²) in [6.07, 6.45) is 1.30. The first kappa shape index (κ1) is 35.7. The number of anilines is 1. The average Bonchev–Trinajstić information content (AvgIpc) is 3.36. The number of aryl methyl sites for hydroxylation is 1. The number of para-hydroxylation sites is 1. The summed E-state index contributed by atoms with van der Waals surface area (Å²) in [6, 6.07) is 27.0. The lowest BCUT2D eigenvalue weighted by molar-refractivity contribution is 0.0461. The molecule has 4 aromatic carbocycles. The van der Waals surface area contributed by atoms with Crippen molar-refractivity contribution in [3.05, 3.63) is 142 Å². The number of benzene rings is 4. The Morgan fingerprint density at radius 1 is 0.959 bits per heavy atom. The van der Waals surface area contributed by atoms with Crippen molar-refractivity contribution >= 4 is 40.3 Å². The summed E-state index contributed by atoms with van der Waals surface area (Å²) in [6.45, 7) is 7.26. The molecule has 1 aromatic heterocycles. The van der Waals surface area contributed by atoms with Crippen LogP contribution in [0.4, 0.5) is 10.1 Å². The number of carbonyl (C=O) groups excluding carboxylic acids is 2. The van der Waals surface area contributed by atoms with Crippen molar-refractivity contribution < 1.29 is 27.5 Å². The number of aromatic nitrogens is 2. The molecule has 0 aliphatic rings. The Morgan fingerprint density at radius 3 is 2.27 bits per heavy atom. The van der Waals surface area contributed by atoms with Crippen molar-refractivity contribution in [2.75, 3.05) is 4.31 Å². The Kier molecular flexibility index (Phi) is 11.1. The molecule has 1 atom stereocenters. The minimum atomic E-state index is -2.32. The number of ether oxygens (including phenoxy) is 1. The molecular weight excluding hydrogens is 665 g/mol. The highest BCUT2D eigenvalue weighted by molar-refractivity contribution is 7.80. The summed E-state index contributed by atoms with van der Waals surface area (Å²) in [4.78, 5) is 31.0. The number of rotatable bonds is 12. The molecule has 1 N–H and O–H groups in total. The summed E-state index contributed by atoms with van der Waals surface area (Å²) in [5, 5.41) is 0.134. The normalized spacial score (nSPS) is 12.1. The topological polar surface area (TPSA) is 102 Å². The highest BCUT2D eigenvalue weighted by atomic mass is 35.5. The zero-order valence-corrected chi connectivity index (χ0v) is 29.2. The molecule has 0 radical (unpaired) electrons. The fourth-order valence-electron chi connectivity index (χ4n) is 5.65. The molecule has 5 rings (SSSR count). The van der Waals surface area contributed by atoms with Gasteiger partial charge in [-0.05, 0) is 51.0 Å². The molecule has 0 saturated carbocycles. The van der Waals surface area contributed by atoms with Crippen LogP contribution in [0.2, 0.25) is 5.15 Å². The van der Waals surface area contributed by atoms with E-state index in [9.17, 15) is 18.4 Å². The van der Waals surface area contributed by atoms with Crippen LogP contribution in [0.15, 0.2) is 97.1 Å². The van der Waals surface area contributed by atoms with Gasteiger partial charge in [0.2, 0.25) is 0 Å². The SMILES string of the molecule is CCCc1nc(Cl)c(COC(=O)c2ccccc2C(=O)c2ccccc2)n1Cc1ccc(-c2ccccc2N(S(=O)O)C(C)(C)C)cc1F. The van der Waals surface area contributed by atoms with Gasteiger partial charge in [0, 0.05) is 34.2 Å². The Labute approximate surface area is 292 Å². The molecule has 0 aliphatic carbocycles. The van der Waals surface area contributed by atoms with Crippen molar-refractivity contribution in [2.24, 2.45) is 0 Å². The third-order valence-corrected chi connectivity index (χ3v) is 9.28. The second-order valence-corrected chi connectivity index (χ2v) is 13.6. The first-order valence-electron chi connectivity index (χ1n) is 15.8. The molecule has 254 valence electrons. The monoisotopic (exact) mass is 701 g/mol. The second-order valence-electron chi connectivity index (χ2n) is 12.4. The molecular formula is C38H37ClFN3O5S. The lowest BCUT2D eigenvalue weighted by Crippen LogP contribution is -2.42. The van der Waals surface area contributed by atoms with E-state index in [4.69, 9.17) is 16.3 Å². The molecule has 8 nitrogen and oxygen atoms in total.